The van der Waals surface area contributed by atoms with Crippen LogP contribution in [0, 0.1) is 12.8 Å². The molecule has 0 atom stereocenters. The average molecular weight is 1970 g/mol. The van der Waals surface area contributed by atoms with Crippen molar-refractivity contribution < 1.29 is 128 Å². The largest absolute Gasteiger partial charge is 1.00 e. The number of esters is 6. The van der Waals surface area contributed by atoms with E-state index in [0.29, 0.717) is 119 Å². The molecule has 2 amide bonds. The molecule has 14 rings (SSSR count). The number of ether oxygens (including phenoxy) is 6. The van der Waals surface area contributed by atoms with Gasteiger partial charge in [0.05, 0.1) is 59.7 Å². The number of hydrogen-bond acceptors (Lipinski definition) is 31. The molecule has 0 saturated carbocycles. The fourth-order valence-electron chi connectivity index (χ4n) is 9.88. The first-order chi connectivity index (χ1) is 61.3. The van der Waals surface area contributed by atoms with Gasteiger partial charge in [-0.3, -0.25) is 58.6 Å². The summed E-state index contributed by atoms with van der Waals surface area (Å²) in [5.74, 6) is -6.98. The van der Waals surface area contributed by atoms with Crippen molar-refractivity contribution in [3.63, 3.8) is 0 Å². The molecule has 8 heterocycles. The molecule has 0 aliphatic carbocycles. The van der Waals surface area contributed by atoms with E-state index in [1.165, 1.54) is 82.7 Å². The Balaban J connectivity index is 0.000000319. The van der Waals surface area contributed by atoms with Crippen LogP contribution in [0.5, 0.6) is 0 Å². The SMILES string of the molecule is CCOC(=O)c1cnc(N)s1.CCOC(=O)c1cnc(NC(=O)c2cc3cc(Cl)ccc3[nH]c2=O)s1.CCOC(=O)c1cnc(NC(=O)c2cc3cc(Cl)ccc3[nH]c2=O)s1.COC(=O)CC(=O)OC.COC(=O)c1cc2cc(Cl)ccc2[nH]c1=O.Nc1ccc(Cl)cc1C=O.O=C(O)c1cc2cc(Cl)ccc2[nH]c1=O.O=C(O)c1cc2cc(Cl)ccc2[nH]c1=O.[2H]C#C.[Na+].[OH-]. The monoisotopic (exact) mass is 1960 g/mol. The standard InChI is InChI=1S/2C16H12ClN3O4S.C11H8ClNO3.2C10H6ClNO3.C7H6ClNO.C6H8N2O2S.C5H8O4.C2H2.Na.H2O/c2*1-2-24-15(23)12-7-18-16(25-12)20-14(22)10-6-8-5-9(17)3-4-11(8)19-13(10)21;1-16-11(15)8-5-6-4-7(12)2-3-9(6)13-10(8)14;2*11-6-1-2-8-5(3-6)4-7(10(14)15)9(13)12-8;8-6-1-2-7(9)5(3-6)4-10;1-2-10-5(9)4-3-8-6(7)11-4;1-8-4(6)3-5(7)9-2;1-2;;/h2*3-7H,2H2,1H3,(H,19,21)(H,18,20,22);2-5H,1H3,(H,13,14);2*1-4H,(H,12,13)(H,14,15);1-4H,9H2;3H,2H2,1H3,(H2,7,8);3H2,1-2H3;1-2H;;1H2/q;;;;;;;;;+1;/p-1/i;;;;;;;;1D;;. The molecule has 0 saturated heterocycles. The van der Waals surface area contributed by atoms with Crippen LogP contribution in [0.25, 0.3) is 54.5 Å². The van der Waals surface area contributed by atoms with Gasteiger partial charge < -0.3 is 80.5 Å². The molecule has 0 aliphatic heterocycles. The van der Waals surface area contributed by atoms with Crippen molar-refractivity contribution in [2.45, 2.75) is 27.2 Å². The number of halogens is 6. The molecule has 14 aromatic rings. The van der Waals surface area contributed by atoms with Gasteiger partial charge in [-0.25, -0.2) is 43.7 Å². The van der Waals surface area contributed by atoms with Gasteiger partial charge in [0.25, 0.3) is 39.6 Å². The van der Waals surface area contributed by atoms with Crippen molar-refractivity contribution in [1.82, 2.24) is 39.9 Å². The van der Waals surface area contributed by atoms with Gasteiger partial charge in [0.1, 0.15) is 50.2 Å². The summed E-state index contributed by atoms with van der Waals surface area (Å²) in [6.45, 7) is 6.00. The van der Waals surface area contributed by atoms with Crippen molar-refractivity contribution >= 4 is 245 Å². The molecule has 8 aromatic heterocycles. The van der Waals surface area contributed by atoms with Gasteiger partial charge in [0, 0.05) is 95.9 Å². The van der Waals surface area contributed by atoms with Gasteiger partial charge in [0.15, 0.2) is 21.7 Å². The number of H-pyrrole nitrogens is 5. The Morgan fingerprint density at radius 2 is 0.708 bits per heavy atom. The average Bonchev–Trinajstić information content (AvgIpc) is 1.50. The van der Waals surface area contributed by atoms with Crippen LogP contribution in [0.2, 0.25) is 30.1 Å². The van der Waals surface area contributed by atoms with Crippen molar-refractivity contribution in [3.05, 3.63) is 288 Å². The minimum atomic E-state index is -1.25. The molecule has 6 aromatic carbocycles. The number of hydrogen-bond donors (Lipinski definition) is 11. The number of pyridine rings is 5. The molecule has 0 spiro atoms. The summed E-state index contributed by atoms with van der Waals surface area (Å²) in [5.41, 5.74) is 11.0. The normalized spacial score (nSPS) is 9.95. The fourth-order valence-corrected chi connectivity index (χ4v) is 13.0. The zero-order chi connectivity index (χ0) is 95.5. The molecule has 14 N–H and O–H groups in total. The van der Waals surface area contributed by atoms with Crippen LogP contribution in [-0.2, 0) is 38.0 Å². The summed E-state index contributed by atoms with van der Waals surface area (Å²) in [6, 6.07) is 36.4. The van der Waals surface area contributed by atoms with Crippen LogP contribution in [0.3, 0.4) is 0 Å². The zero-order valence-electron chi connectivity index (χ0n) is 69.3. The Bertz CT molecular complexity index is 6630. The Labute approximate surface area is 797 Å². The Morgan fingerprint density at radius 1 is 0.431 bits per heavy atom. The van der Waals surface area contributed by atoms with E-state index in [0.717, 1.165) is 34.0 Å². The number of carboxylic acid groups (broad SMARTS) is 2. The second-order valence-electron chi connectivity index (χ2n) is 24.2. The minimum Gasteiger partial charge on any atom is -0.870 e. The maximum atomic E-state index is 12.4. The summed E-state index contributed by atoms with van der Waals surface area (Å²) in [5, 5.41) is 29.4. The van der Waals surface area contributed by atoms with Gasteiger partial charge in [-0.05, 0) is 160 Å². The number of benzene rings is 6. The maximum Gasteiger partial charge on any atom is 1.00 e. The van der Waals surface area contributed by atoms with Crippen molar-refractivity contribution in [1.29, 1.82) is 0 Å². The first-order valence-electron chi connectivity index (χ1n) is 36.3. The third kappa shape index (κ3) is 32.7. The molecule has 672 valence electrons. The molecule has 130 heavy (non-hydrogen) atoms. The summed E-state index contributed by atoms with van der Waals surface area (Å²) in [6.07, 6.45) is 10.2. The summed E-state index contributed by atoms with van der Waals surface area (Å²) < 4.78 is 33.0. The summed E-state index contributed by atoms with van der Waals surface area (Å²) >= 11 is 37.8. The smallest absolute Gasteiger partial charge is 0.870 e. The number of aromatic nitrogens is 8. The Hall–Kier alpha value is -13.5. The van der Waals surface area contributed by atoms with Gasteiger partial charge in [-0.1, -0.05) is 104 Å². The van der Waals surface area contributed by atoms with Gasteiger partial charge in [0.2, 0.25) is 0 Å². The van der Waals surface area contributed by atoms with Crippen LogP contribution < -0.4 is 79.5 Å². The zero-order valence-corrected chi connectivity index (χ0v) is 77.3. The molecule has 0 radical (unpaired) electrons. The number of aromatic amines is 5. The third-order valence-corrected chi connectivity index (χ3v) is 19.7. The molecule has 0 aliphatic rings. The first kappa shape index (κ1) is 107. The molecule has 0 unspecified atom stereocenters. The second-order valence-corrected chi connectivity index (χ2v) is 30.0. The minimum absolute atomic E-state index is 0. The van der Waals surface area contributed by atoms with Crippen LogP contribution in [0.15, 0.2) is 182 Å². The first-order valence-corrected chi connectivity index (χ1v) is 40.5. The van der Waals surface area contributed by atoms with Crippen LogP contribution >= 0.6 is 104 Å². The van der Waals surface area contributed by atoms with Crippen molar-refractivity contribution in [3.8, 4) is 12.8 Å². The molecule has 0 bridgehead atoms. The van der Waals surface area contributed by atoms with Crippen LogP contribution in [-0.4, -0.2) is 163 Å². The van der Waals surface area contributed by atoms with E-state index in [1.807, 2.05) is 0 Å². The molecular formula is C83H69Cl6N12NaO25S3. The number of nitrogens with zero attached hydrogens (tertiary/aromatic N) is 3. The number of nitrogens with two attached hydrogens (primary N) is 2. The number of carbonyl (C=O) groups is 11. The fraction of sp³-hybridized carbons (Fsp3) is 0.120. The van der Waals surface area contributed by atoms with E-state index in [1.54, 1.807) is 124 Å². The third-order valence-electron chi connectivity index (χ3n) is 15.7. The number of nitrogen functional groups attached to an aromatic ring is 2. The number of rotatable bonds is 16. The molecule has 0 fully saturated rings. The number of thiazole rings is 3. The number of nitrogens with one attached hydrogen (secondary N) is 7. The molecule has 37 nitrogen and oxygen atoms in total. The Morgan fingerprint density at radius 3 is 0.985 bits per heavy atom. The predicted octanol–water partition coefficient (Wildman–Crippen LogP) is 11.3. The quantitative estimate of drug-likeness (QED) is 0.00814. The molecular weight excluding hydrogens is 1900 g/mol. The van der Waals surface area contributed by atoms with Crippen LogP contribution in [0.4, 0.5) is 21.1 Å². The number of amides is 2. The Kier molecular flexibility index (Phi) is 43.9. The van der Waals surface area contributed by atoms with E-state index in [4.69, 9.17) is 107 Å². The van der Waals surface area contributed by atoms with Gasteiger partial charge in [-0.2, -0.15) is 0 Å². The second kappa shape index (κ2) is 53.3. The number of aldehydes is 1. The summed E-state index contributed by atoms with van der Waals surface area (Å²) in [4.78, 5) is 206. The van der Waals surface area contributed by atoms with E-state index in [9.17, 15) is 76.7 Å². The van der Waals surface area contributed by atoms with E-state index >= 15 is 0 Å². The number of carboxylic acids is 2. The van der Waals surface area contributed by atoms with Gasteiger partial charge >= 0.3 is 77.3 Å². The van der Waals surface area contributed by atoms with Crippen LogP contribution in [0.1, 0.15) is 120 Å². The predicted molar refractivity (Wildman–Crippen MR) is 489 cm³/mol. The number of methoxy groups -OCH3 is 3. The number of terminal acetylenes is 1. The maximum absolute atomic E-state index is 12.4. The number of aromatic carboxylic acids is 2. The number of fused-ring (bicyclic) bond motifs is 5. The van der Waals surface area contributed by atoms with E-state index in [2.05, 4.69) is 71.1 Å². The van der Waals surface area contributed by atoms with Gasteiger partial charge in [-0.15, -0.1) is 12.8 Å². The van der Waals surface area contributed by atoms with Crippen molar-refractivity contribution in [2.75, 3.05) is 63.3 Å². The number of anilines is 4. The van der Waals surface area contributed by atoms with Crippen molar-refractivity contribution in [2.24, 2.45) is 0 Å². The topological polar surface area (TPSA) is 593 Å². The molecule has 47 heteroatoms. The number of carbonyl (C=O) groups excluding carboxylic acids is 9. The summed E-state index contributed by atoms with van der Waals surface area (Å²) in [7, 11) is 3.65. The van der Waals surface area contributed by atoms with E-state index < -0.39 is 81.4 Å². The van der Waals surface area contributed by atoms with E-state index in [-0.39, 0.29) is 108 Å².